The highest BCUT2D eigenvalue weighted by molar-refractivity contribution is 14.1. The average Bonchev–Trinajstić information content (AvgIpc) is 2.44. The van der Waals surface area contributed by atoms with E-state index in [2.05, 4.69) is 38.2 Å². The zero-order valence-corrected chi connectivity index (χ0v) is 14.7. The van der Waals surface area contributed by atoms with Crippen molar-refractivity contribution in [1.29, 1.82) is 0 Å². The Labute approximate surface area is 146 Å². The highest BCUT2D eigenvalue weighted by atomic mass is 127. The summed E-state index contributed by atoms with van der Waals surface area (Å²) in [6, 6.07) is 8.76. The molecule has 0 unspecified atom stereocenters. The van der Waals surface area contributed by atoms with Gasteiger partial charge in [0.2, 0.25) is 0 Å². The van der Waals surface area contributed by atoms with Gasteiger partial charge < -0.3 is 5.32 Å². The zero-order chi connectivity index (χ0) is 15.4. The summed E-state index contributed by atoms with van der Waals surface area (Å²) >= 11 is 13.2. The highest BCUT2D eigenvalue weighted by Gasteiger charge is 2.09. The Balaban J connectivity index is 2.00. The summed E-state index contributed by atoms with van der Waals surface area (Å²) in [5.74, 6) is 0.252. The minimum absolute atomic E-state index is 0.186. The van der Waals surface area contributed by atoms with Gasteiger partial charge in [-0.1, -0.05) is 17.7 Å². The summed E-state index contributed by atoms with van der Waals surface area (Å²) in [4.78, 5) is 16.2. The molecule has 7 heteroatoms. The van der Waals surface area contributed by atoms with Gasteiger partial charge in [0.25, 0.3) is 5.91 Å². The van der Waals surface area contributed by atoms with Crippen LogP contribution in [0, 0.1) is 10.5 Å². The van der Waals surface area contributed by atoms with Gasteiger partial charge in [-0.15, -0.1) is 0 Å². The first-order valence-electron chi connectivity index (χ1n) is 5.96. The van der Waals surface area contributed by atoms with E-state index >= 15 is 0 Å². The maximum absolute atomic E-state index is 12.0. The molecule has 21 heavy (non-hydrogen) atoms. The quantitative estimate of drug-likeness (QED) is 0.561. The molecule has 0 saturated heterocycles. The molecular formula is C14H11ClIN3OS. The van der Waals surface area contributed by atoms with Crippen molar-refractivity contribution in [3.05, 3.63) is 56.2 Å². The third-order valence-electron chi connectivity index (χ3n) is 2.63. The van der Waals surface area contributed by atoms with Gasteiger partial charge in [-0.05, 0) is 71.6 Å². The molecule has 108 valence electrons. The predicted octanol–water partition coefficient (Wildman–Crippen LogP) is 3.77. The van der Waals surface area contributed by atoms with Crippen LogP contribution in [0.1, 0.15) is 15.9 Å². The second-order valence-corrected chi connectivity index (χ2v) is 6.29. The van der Waals surface area contributed by atoms with Gasteiger partial charge in [-0.2, -0.15) is 0 Å². The second kappa shape index (κ2) is 7.15. The van der Waals surface area contributed by atoms with Gasteiger partial charge in [0.05, 0.1) is 0 Å². The molecule has 1 aromatic heterocycles. The van der Waals surface area contributed by atoms with Crippen molar-refractivity contribution in [3.63, 3.8) is 0 Å². The van der Waals surface area contributed by atoms with Crippen LogP contribution in [0.15, 0.2) is 36.5 Å². The molecule has 0 aliphatic heterocycles. The van der Waals surface area contributed by atoms with Crippen molar-refractivity contribution in [2.75, 3.05) is 5.32 Å². The van der Waals surface area contributed by atoms with E-state index < -0.39 is 0 Å². The van der Waals surface area contributed by atoms with E-state index in [1.807, 2.05) is 13.0 Å². The van der Waals surface area contributed by atoms with Crippen molar-refractivity contribution >= 4 is 63.2 Å². The third-order valence-corrected chi connectivity index (χ3v) is 3.88. The molecule has 0 aliphatic rings. The summed E-state index contributed by atoms with van der Waals surface area (Å²) in [5.41, 5.74) is 1.36. The molecule has 2 aromatic rings. The van der Waals surface area contributed by atoms with E-state index in [1.165, 1.54) is 0 Å². The largest absolute Gasteiger partial charge is 0.317 e. The van der Waals surface area contributed by atoms with Crippen LogP contribution in [0.3, 0.4) is 0 Å². The van der Waals surface area contributed by atoms with E-state index in [9.17, 15) is 4.79 Å². The smallest absolute Gasteiger partial charge is 0.257 e. The Morgan fingerprint density at radius 3 is 2.71 bits per heavy atom. The maximum Gasteiger partial charge on any atom is 0.257 e. The number of anilines is 1. The Morgan fingerprint density at radius 1 is 1.33 bits per heavy atom. The molecule has 0 spiro atoms. The average molecular weight is 432 g/mol. The van der Waals surface area contributed by atoms with Crippen LogP contribution >= 0.6 is 46.4 Å². The van der Waals surface area contributed by atoms with Crippen LogP contribution in [0.5, 0.6) is 0 Å². The number of rotatable bonds is 2. The normalized spacial score (nSPS) is 10.0. The number of amides is 1. The number of benzene rings is 1. The fraction of sp³-hybridized carbons (Fsp3) is 0.0714. The fourth-order valence-corrected chi connectivity index (χ4v) is 2.20. The zero-order valence-electron chi connectivity index (χ0n) is 11.0. The molecule has 2 rings (SSSR count). The highest BCUT2D eigenvalue weighted by Crippen LogP contribution is 2.16. The van der Waals surface area contributed by atoms with Crippen molar-refractivity contribution in [2.24, 2.45) is 0 Å². The number of nitrogens with zero attached hydrogens (tertiary/aromatic N) is 1. The minimum Gasteiger partial charge on any atom is -0.317 e. The first-order valence-corrected chi connectivity index (χ1v) is 7.82. The number of aryl methyl sites for hydroxylation is 1. The van der Waals surface area contributed by atoms with Crippen LogP contribution in [0.4, 0.5) is 5.82 Å². The van der Waals surface area contributed by atoms with Crippen LogP contribution in [0.2, 0.25) is 5.02 Å². The molecular weight excluding hydrogens is 421 g/mol. The lowest BCUT2D eigenvalue weighted by molar-refractivity contribution is 0.0977. The van der Waals surface area contributed by atoms with E-state index in [-0.39, 0.29) is 11.0 Å². The first kappa shape index (κ1) is 16.1. The molecule has 1 aromatic carbocycles. The Hall–Kier alpha value is -1.25. The molecule has 1 heterocycles. The number of pyridine rings is 1. The van der Waals surface area contributed by atoms with Gasteiger partial charge >= 0.3 is 0 Å². The summed E-state index contributed by atoms with van der Waals surface area (Å²) in [7, 11) is 0. The van der Waals surface area contributed by atoms with Gasteiger partial charge in [0, 0.05) is 20.4 Å². The molecule has 1 amide bonds. The van der Waals surface area contributed by atoms with Crippen molar-refractivity contribution in [1.82, 2.24) is 10.3 Å². The number of thiocarbonyl (C=S) groups is 1. The van der Waals surface area contributed by atoms with Gasteiger partial charge in [0.1, 0.15) is 5.82 Å². The predicted molar refractivity (Wildman–Crippen MR) is 96.8 cm³/mol. The van der Waals surface area contributed by atoms with Gasteiger partial charge in [-0.3, -0.25) is 10.1 Å². The molecule has 2 N–H and O–H groups in total. The summed E-state index contributed by atoms with van der Waals surface area (Å²) in [6.45, 7) is 1.87. The van der Waals surface area contributed by atoms with Crippen molar-refractivity contribution in [3.8, 4) is 0 Å². The Kier molecular flexibility index (Phi) is 5.49. The molecule has 0 radical (unpaired) electrons. The van der Waals surface area contributed by atoms with Gasteiger partial charge in [-0.25, -0.2) is 4.98 Å². The molecule has 0 atom stereocenters. The number of hydrogen-bond donors (Lipinski definition) is 2. The molecule has 0 fully saturated rings. The lowest BCUT2D eigenvalue weighted by atomic mass is 10.1. The Morgan fingerprint density at radius 2 is 2.10 bits per heavy atom. The van der Waals surface area contributed by atoms with Crippen LogP contribution < -0.4 is 10.6 Å². The lowest BCUT2D eigenvalue weighted by Gasteiger charge is -2.09. The second-order valence-electron chi connectivity index (χ2n) is 4.23. The van der Waals surface area contributed by atoms with E-state index in [1.54, 1.807) is 30.5 Å². The van der Waals surface area contributed by atoms with Crippen LogP contribution in [-0.2, 0) is 0 Å². The van der Waals surface area contributed by atoms with Crippen molar-refractivity contribution in [2.45, 2.75) is 6.92 Å². The topological polar surface area (TPSA) is 54.0 Å². The van der Waals surface area contributed by atoms with Gasteiger partial charge in [0.15, 0.2) is 5.11 Å². The van der Waals surface area contributed by atoms with E-state index in [4.69, 9.17) is 23.8 Å². The molecule has 4 nitrogen and oxygen atoms in total. The third kappa shape index (κ3) is 4.62. The number of nitrogens with one attached hydrogen (secondary N) is 2. The maximum atomic E-state index is 12.0. The van der Waals surface area contributed by atoms with E-state index in [0.717, 1.165) is 9.13 Å². The Bertz CT molecular complexity index is 691. The monoisotopic (exact) mass is 431 g/mol. The van der Waals surface area contributed by atoms with Crippen molar-refractivity contribution < 1.29 is 4.79 Å². The first-order chi connectivity index (χ1) is 9.95. The number of carbonyl (C=O) groups excluding carboxylic acids is 1. The van der Waals surface area contributed by atoms with Crippen LogP contribution in [0.25, 0.3) is 0 Å². The summed E-state index contributed by atoms with van der Waals surface area (Å²) < 4.78 is 1.02. The van der Waals surface area contributed by atoms with E-state index in [0.29, 0.717) is 16.4 Å². The number of aromatic nitrogens is 1. The number of carbonyl (C=O) groups is 1. The lowest BCUT2D eigenvalue weighted by Crippen LogP contribution is -2.34. The van der Waals surface area contributed by atoms with Crippen LogP contribution in [-0.4, -0.2) is 16.0 Å². The summed E-state index contributed by atoms with van der Waals surface area (Å²) in [5, 5.41) is 6.16. The number of halogens is 2. The molecule has 0 saturated carbocycles. The fourth-order valence-electron chi connectivity index (χ4n) is 1.51. The molecule has 0 aliphatic carbocycles. The molecule has 0 bridgehead atoms. The standard InChI is InChI=1S/C14H11ClIN3OS/c1-8-2-3-9(6-11(8)15)13(20)19-14(21)18-12-5-4-10(16)7-17-12/h2-7H,1H3,(H2,17,18,19,20,21). The summed E-state index contributed by atoms with van der Waals surface area (Å²) in [6.07, 6.45) is 1.70. The number of hydrogen-bond acceptors (Lipinski definition) is 3. The minimum atomic E-state index is -0.320. The SMILES string of the molecule is Cc1ccc(C(=O)NC(=S)Nc2ccc(I)cn2)cc1Cl.